The number of likely N-dealkylation sites (N-methyl/N-ethyl adjacent to an activating group) is 3. The fraction of sp³-hybridized carbons (Fsp3) is 0.378. The number of aromatic nitrogens is 9. The first-order chi connectivity index (χ1) is 49.3. The summed E-state index contributed by atoms with van der Waals surface area (Å²) >= 11 is 0. The van der Waals surface area contributed by atoms with Crippen molar-refractivity contribution in [3.63, 3.8) is 0 Å². The lowest BCUT2D eigenvalue weighted by Crippen LogP contribution is -2.44. The molecule has 0 saturated carbocycles. The summed E-state index contributed by atoms with van der Waals surface area (Å²) < 4.78 is 46.9. The Morgan fingerprint density at radius 2 is 0.951 bits per heavy atom. The molecule has 9 aromatic heterocycles. The van der Waals surface area contributed by atoms with Gasteiger partial charge in [-0.2, -0.15) is 17.8 Å². The maximum Gasteiger partial charge on any atom is 0.433 e. The number of quaternary nitrogens is 1. The summed E-state index contributed by atoms with van der Waals surface area (Å²) in [4.78, 5) is 25.2. The minimum atomic E-state index is -4.40. The Hall–Kier alpha value is -9.00. The van der Waals surface area contributed by atoms with Crippen LogP contribution in [-0.4, -0.2) is 129 Å². The van der Waals surface area contributed by atoms with Crippen LogP contribution in [0.5, 0.6) is 0 Å². The van der Waals surface area contributed by atoms with Crippen molar-refractivity contribution >= 4 is 43.7 Å². The first-order valence-electron chi connectivity index (χ1n) is 35.7. The van der Waals surface area contributed by atoms with E-state index in [1.807, 2.05) is 82.4 Å². The molecule has 0 saturated heterocycles. The Morgan fingerprint density at radius 3 is 1.46 bits per heavy atom. The lowest BCUT2D eigenvalue weighted by molar-refractivity contribution is -1.10. The number of aliphatic hydroxyl groups is 5. The molecule has 3 aliphatic heterocycles. The Balaban J connectivity index is 0.000000122. The molecule has 0 radical (unpaired) electrons. The van der Waals surface area contributed by atoms with Gasteiger partial charge >= 0.3 is 6.18 Å². The molecule has 0 fully saturated rings. The molecular formula is C82H94F3N12O6+. The van der Waals surface area contributed by atoms with E-state index in [0.29, 0.717) is 45.7 Å². The van der Waals surface area contributed by atoms with Gasteiger partial charge in [0.05, 0.1) is 39.9 Å². The van der Waals surface area contributed by atoms with E-state index < -0.39 is 28.7 Å². The topological polar surface area (TPSA) is 212 Å². The molecule has 16 rings (SSSR count). The number of aryl methyl sites for hydroxylation is 4. The van der Waals surface area contributed by atoms with Gasteiger partial charge < -0.3 is 53.6 Å². The number of halogens is 3. The second-order valence-corrected chi connectivity index (χ2v) is 29.5. The van der Waals surface area contributed by atoms with Gasteiger partial charge in [0.15, 0.2) is 0 Å². The van der Waals surface area contributed by atoms with Gasteiger partial charge in [-0.25, -0.2) is 10.2 Å². The van der Waals surface area contributed by atoms with E-state index in [-0.39, 0.29) is 17.9 Å². The van der Waals surface area contributed by atoms with Crippen molar-refractivity contribution in [2.75, 3.05) is 40.8 Å². The van der Waals surface area contributed by atoms with Gasteiger partial charge in [-0.15, -0.1) is 0 Å². The van der Waals surface area contributed by atoms with Crippen LogP contribution < -0.4 is 0 Å². The zero-order chi connectivity index (χ0) is 72.6. The number of benzene rings is 3. The molecule has 0 amide bonds. The van der Waals surface area contributed by atoms with E-state index in [1.54, 1.807) is 43.4 Å². The van der Waals surface area contributed by atoms with Crippen molar-refractivity contribution in [2.45, 2.75) is 161 Å². The fourth-order valence-corrected chi connectivity index (χ4v) is 15.7. The number of fused-ring (bicyclic) bond motifs is 12. The third kappa shape index (κ3) is 15.5. The molecule has 12 aromatic rings. The molecule has 6 N–H and O–H groups in total. The van der Waals surface area contributed by atoms with Crippen LogP contribution in [0.2, 0.25) is 0 Å². The number of hydrogen-bond donors (Lipinski definition) is 6. The Bertz CT molecular complexity index is 4970. The van der Waals surface area contributed by atoms with Crippen molar-refractivity contribution in [1.82, 2.24) is 53.0 Å². The molecule has 103 heavy (non-hydrogen) atoms. The maximum absolute atomic E-state index is 12.6. The van der Waals surface area contributed by atoms with Crippen LogP contribution in [0.4, 0.5) is 13.2 Å². The molecule has 1 aliphatic carbocycles. The number of nitrogens with zero attached hydrogens (tertiary/aromatic N) is 12. The summed E-state index contributed by atoms with van der Waals surface area (Å²) in [5.41, 5.74) is 17.1. The smallest absolute Gasteiger partial charge is 0.392 e. The highest BCUT2D eigenvalue weighted by molar-refractivity contribution is 5.89. The SMILES string of the molecule is CC(O)(Cn1c2c(c3cc(CO)ccc31)CCCC2)c1cccnc1.CN1CCc2c(c3cc(CO)ccc3n2CC(C)(O)c2cccnc2)C1.CN1CCc2c(c3cccnc3n2CCc2ccc(C(F)(F)F)nc2)C1.Cc1ccc2c(c1)c1c(n2CC(C)(O)c2cccnc2)CC[N+](C)(O)C1. The van der Waals surface area contributed by atoms with Gasteiger partial charge in [0.2, 0.25) is 0 Å². The second-order valence-electron chi connectivity index (χ2n) is 29.5. The van der Waals surface area contributed by atoms with E-state index in [2.05, 4.69) is 123 Å². The molecule has 0 bridgehead atoms. The Morgan fingerprint density at radius 1 is 0.485 bits per heavy atom. The lowest BCUT2D eigenvalue weighted by Gasteiger charge is -2.31. The third-order valence-corrected chi connectivity index (χ3v) is 21.3. The van der Waals surface area contributed by atoms with Crippen LogP contribution in [0.3, 0.4) is 0 Å². The molecule has 18 nitrogen and oxygen atoms in total. The summed E-state index contributed by atoms with van der Waals surface area (Å²) in [6.07, 6.45) is 16.9. The van der Waals surface area contributed by atoms with E-state index >= 15 is 0 Å². The molecule has 4 atom stereocenters. The van der Waals surface area contributed by atoms with Crippen molar-refractivity contribution < 1.29 is 48.6 Å². The van der Waals surface area contributed by atoms with Crippen LogP contribution in [0.1, 0.15) is 123 Å². The van der Waals surface area contributed by atoms with Crippen molar-refractivity contribution in [1.29, 1.82) is 0 Å². The maximum atomic E-state index is 12.6. The van der Waals surface area contributed by atoms with E-state index in [9.17, 15) is 43.9 Å². The van der Waals surface area contributed by atoms with Crippen LogP contribution in [0.25, 0.3) is 43.7 Å². The quantitative estimate of drug-likeness (QED) is 0.0560. The zero-order valence-electron chi connectivity index (χ0n) is 59.9. The summed E-state index contributed by atoms with van der Waals surface area (Å²) in [5, 5.41) is 67.8. The van der Waals surface area contributed by atoms with Crippen molar-refractivity contribution in [2.24, 2.45) is 0 Å². The lowest BCUT2D eigenvalue weighted by atomic mass is 9.94. The van der Waals surface area contributed by atoms with Crippen LogP contribution >= 0.6 is 0 Å². The molecule has 21 heteroatoms. The van der Waals surface area contributed by atoms with Gasteiger partial charge in [-0.3, -0.25) is 19.9 Å². The van der Waals surface area contributed by atoms with Crippen molar-refractivity contribution in [3.05, 3.63) is 255 Å². The second kappa shape index (κ2) is 29.6. The average molecular weight is 1400 g/mol. The molecule has 0 spiro atoms. The molecule has 3 aromatic carbocycles. The number of hydroxylamine groups is 3. The first-order valence-corrected chi connectivity index (χ1v) is 35.7. The standard InChI is InChI=1S/C21H26N3O2.C21H25N3O2.C21H24N2O2.C19H19F3N4/c1-15-6-7-19-17(11-15)18-13-24(3,26)10-8-20(18)23(19)14-21(2,25)16-5-4-9-22-12-16;1-21(26,16-4-3-8-22-11-16)14-24-19-6-5-15(13-25)10-17(19)18-12-23(2)9-7-20(18)24;1-21(25,16-5-4-10-22-12-16)14-23-19-7-3-2-6-17(19)18-11-15(13-24)8-9-20(18)23;1-25-9-7-16-15(12-25)14-3-2-8-23-18(14)26(16)10-6-13-4-5-17(24-11-13)19(20,21)22/h4-7,9,11-12,25-26H,8,10,13-14H2,1-3H3;3-6,8,10-11,25-26H,7,9,12-14H2,1-2H3;4-5,8-12,24-25H,2-3,6-7,13-14H2,1H3;2-5,8,11H,6-7,9-10,12H2,1H3/q+1;;;. The Labute approximate surface area is 598 Å². The van der Waals surface area contributed by atoms with E-state index in [1.165, 1.54) is 97.2 Å². The van der Waals surface area contributed by atoms with Gasteiger partial charge in [0, 0.05) is 185 Å². The highest BCUT2D eigenvalue weighted by atomic mass is 19.4. The third-order valence-electron chi connectivity index (χ3n) is 21.3. The largest absolute Gasteiger partial charge is 0.433 e. The number of hydrogen-bond acceptors (Lipinski definition) is 13. The predicted octanol–water partition coefficient (Wildman–Crippen LogP) is 12.6. The molecular weight excluding hydrogens is 1310 g/mol. The number of rotatable bonds is 14. The summed E-state index contributed by atoms with van der Waals surface area (Å²) in [7, 11) is 6.10. The molecule has 12 heterocycles. The normalized spacial score (nSPS) is 17.9. The van der Waals surface area contributed by atoms with Gasteiger partial charge in [-0.05, 0) is 180 Å². The van der Waals surface area contributed by atoms with Gasteiger partial charge in [0.1, 0.15) is 41.2 Å². The van der Waals surface area contributed by atoms with Crippen molar-refractivity contribution in [3.8, 4) is 0 Å². The average Bonchev–Trinajstić information content (AvgIpc) is 1.62. The summed E-state index contributed by atoms with van der Waals surface area (Å²) in [6, 6.07) is 36.6. The predicted molar refractivity (Wildman–Crippen MR) is 393 cm³/mol. The number of aliphatic hydroxyl groups excluding tert-OH is 2. The molecule has 538 valence electrons. The minimum Gasteiger partial charge on any atom is -0.392 e. The van der Waals surface area contributed by atoms with E-state index in [0.717, 1.165) is 120 Å². The van der Waals surface area contributed by atoms with Crippen LogP contribution in [-0.2, 0) is 121 Å². The highest BCUT2D eigenvalue weighted by Gasteiger charge is 2.37. The zero-order valence-corrected chi connectivity index (χ0v) is 59.9. The van der Waals surface area contributed by atoms with Crippen LogP contribution in [0.15, 0.2) is 165 Å². The molecule has 4 aliphatic rings. The minimum absolute atomic E-state index is 0.0129. The summed E-state index contributed by atoms with van der Waals surface area (Å²) in [6.45, 7) is 14.9. The monoisotopic (exact) mass is 1400 g/mol. The number of alkyl halides is 3. The fourth-order valence-electron chi connectivity index (χ4n) is 15.7. The van der Waals surface area contributed by atoms with Crippen LogP contribution in [0, 0.1) is 6.92 Å². The first kappa shape index (κ1) is 72.4. The number of pyridine rings is 5. The Kier molecular flexibility index (Phi) is 20.8. The van der Waals surface area contributed by atoms with Gasteiger partial charge in [-0.1, -0.05) is 48.0 Å². The summed E-state index contributed by atoms with van der Waals surface area (Å²) in [5.74, 6) is 0. The molecule has 4 unspecified atom stereocenters. The van der Waals surface area contributed by atoms with Gasteiger partial charge in [0.25, 0.3) is 0 Å². The van der Waals surface area contributed by atoms with E-state index in [4.69, 9.17) is 0 Å². The highest BCUT2D eigenvalue weighted by Crippen LogP contribution is 2.40.